The van der Waals surface area contributed by atoms with Gasteiger partial charge in [0.1, 0.15) is 10.7 Å². The Morgan fingerprint density at radius 2 is 1.84 bits per heavy atom. The van der Waals surface area contributed by atoms with Crippen molar-refractivity contribution in [3.63, 3.8) is 0 Å². The summed E-state index contributed by atoms with van der Waals surface area (Å²) in [5.74, 6) is -1.03. The highest BCUT2D eigenvalue weighted by Crippen LogP contribution is 2.38. The fraction of sp³-hybridized carbons (Fsp3) is 0.400. The Balaban J connectivity index is 1.89. The summed E-state index contributed by atoms with van der Waals surface area (Å²) in [7, 11) is -5.63. The van der Waals surface area contributed by atoms with Crippen LogP contribution in [0.1, 0.15) is 18.9 Å². The molecular weight excluding hydrogens is 362 g/mol. The van der Waals surface area contributed by atoms with Crippen molar-refractivity contribution in [3.8, 4) is 0 Å². The third kappa shape index (κ3) is 3.35. The molecule has 2 heterocycles. The van der Waals surface area contributed by atoms with E-state index in [1.807, 2.05) is 4.57 Å². The monoisotopic (exact) mass is 377 g/mol. The largest absolute Gasteiger partial charge is 0.501 e. The Hall–Kier alpha value is -2.10. The lowest BCUT2D eigenvalue weighted by atomic mass is 10.0. The first kappa shape index (κ1) is 17.7. The van der Waals surface area contributed by atoms with Gasteiger partial charge in [-0.15, -0.1) is 0 Å². The van der Waals surface area contributed by atoms with Gasteiger partial charge in [-0.1, -0.05) is 0 Å². The molecule has 0 aliphatic carbocycles. The fourth-order valence-corrected chi connectivity index (χ4v) is 3.97. The number of aromatic nitrogens is 2. The summed E-state index contributed by atoms with van der Waals surface area (Å²) < 4.78 is 77.6. The summed E-state index contributed by atoms with van der Waals surface area (Å²) in [4.78, 5) is 4.47. The van der Waals surface area contributed by atoms with Crippen LogP contribution in [0.2, 0.25) is 0 Å². The number of benzene rings is 1. The fourth-order valence-electron chi connectivity index (χ4n) is 2.98. The first-order valence-electron chi connectivity index (χ1n) is 7.53. The molecule has 3 rings (SSSR count). The number of nitrogens with zero attached hydrogens (tertiary/aromatic N) is 3. The smallest absolute Gasteiger partial charge is 0.370 e. The van der Waals surface area contributed by atoms with E-state index < -0.39 is 26.1 Å². The van der Waals surface area contributed by atoms with Crippen molar-refractivity contribution in [2.45, 2.75) is 29.3 Å². The first-order chi connectivity index (χ1) is 11.7. The van der Waals surface area contributed by atoms with Crippen molar-refractivity contribution >= 4 is 15.5 Å². The highest BCUT2D eigenvalue weighted by molar-refractivity contribution is 7.92. The molecule has 0 atom stereocenters. The number of sulfone groups is 1. The van der Waals surface area contributed by atoms with Crippen LogP contribution in [0.3, 0.4) is 0 Å². The summed E-state index contributed by atoms with van der Waals surface area (Å²) in [5.41, 5.74) is -5.60. The maximum absolute atomic E-state index is 13.4. The number of piperidine rings is 1. The third-order valence-corrected chi connectivity index (χ3v) is 5.78. The van der Waals surface area contributed by atoms with Gasteiger partial charge >= 0.3 is 5.51 Å². The minimum absolute atomic E-state index is 0.122. The maximum Gasteiger partial charge on any atom is 0.501 e. The van der Waals surface area contributed by atoms with E-state index in [2.05, 4.69) is 4.98 Å². The number of alkyl halides is 3. The van der Waals surface area contributed by atoms with Gasteiger partial charge in [-0.3, -0.25) is 0 Å². The summed E-state index contributed by atoms with van der Waals surface area (Å²) in [6.45, 7) is 0.712. The van der Waals surface area contributed by atoms with E-state index >= 15 is 0 Å². The third-order valence-electron chi connectivity index (χ3n) is 4.27. The van der Waals surface area contributed by atoms with Gasteiger partial charge in [-0.25, -0.2) is 17.8 Å². The quantitative estimate of drug-likeness (QED) is 0.771. The molecule has 1 aliphatic heterocycles. The topological polar surface area (TPSA) is 55.2 Å². The molecule has 0 radical (unpaired) electrons. The van der Waals surface area contributed by atoms with Gasteiger partial charge in [0, 0.05) is 31.5 Å². The lowest BCUT2D eigenvalue weighted by molar-refractivity contribution is -0.0435. The predicted octanol–water partition coefficient (Wildman–Crippen LogP) is 3.16. The van der Waals surface area contributed by atoms with Crippen molar-refractivity contribution in [1.82, 2.24) is 9.55 Å². The lowest BCUT2D eigenvalue weighted by Gasteiger charge is -2.35. The molecule has 5 nitrogen and oxygen atoms in total. The molecule has 0 unspecified atom stereocenters. The lowest BCUT2D eigenvalue weighted by Crippen LogP contribution is -2.36. The Morgan fingerprint density at radius 3 is 2.40 bits per heavy atom. The van der Waals surface area contributed by atoms with Crippen LogP contribution >= 0.6 is 0 Å². The SMILES string of the molecule is O=S(=O)(c1cc(F)ccc1N1CCC(n2ccnc2)CC1)C(F)(F)F. The molecule has 1 aromatic carbocycles. The van der Waals surface area contributed by atoms with E-state index in [0.717, 1.165) is 12.1 Å². The summed E-state index contributed by atoms with van der Waals surface area (Å²) >= 11 is 0. The number of rotatable bonds is 3. The molecule has 0 N–H and O–H groups in total. The van der Waals surface area contributed by atoms with Crippen molar-refractivity contribution in [2.75, 3.05) is 18.0 Å². The number of hydrogen-bond acceptors (Lipinski definition) is 4. The van der Waals surface area contributed by atoms with Gasteiger partial charge in [0.15, 0.2) is 0 Å². The van der Waals surface area contributed by atoms with Gasteiger partial charge in [-0.05, 0) is 31.0 Å². The van der Waals surface area contributed by atoms with Gasteiger partial charge in [-0.2, -0.15) is 13.2 Å². The van der Waals surface area contributed by atoms with Crippen LogP contribution in [0.5, 0.6) is 0 Å². The highest BCUT2D eigenvalue weighted by Gasteiger charge is 2.48. The van der Waals surface area contributed by atoms with E-state index in [9.17, 15) is 26.0 Å². The summed E-state index contributed by atoms with van der Waals surface area (Å²) in [5, 5.41) is 0. The zero-order valence-corrected chi connectivity index (χ0v) is 13.8. The van der Waals surface area contributed by atoms with Crippen molar-refractivity contribution in [3.05, 3.63) is 42.7 Å². The molecule has 0 saturated carbocycles. The Kier molecular flexibility index (Phi) is 4.48. The van der Waals surface area contributed by atoms with Crippen molar-refractivity contribution < 1.29 is 26.0 Å². The second-order valence-corrected chi connectivity index (χ2v) is 7.70. The van der Waals surface area contributed by atoms with Crippen molar-refractivity contribution in [1.29, 1.82) is 0 Å². The van der Waals surface area contributed by atoms with Gasteiger partial charge in [0.2, 0.25) is 0 Å². The van der Waals surface area contributed by atoms with Crippen LogP contribution in [0.15, 0.2) is 41.8 Å². The van der Waals surface area contributed by atoms with E-state index in [1.165, 1.54) is 0 Å². The number of halogens is 4. The number of anilines is 1. The molecule has 1 aromatic heterocycles. The van der Waals surface area contributed by atoms with Crippen molar-refractivity contribution in [2.24, 2.45) is 0 Å². The van der Waals surface area contributed by atoms with E-state index in [0.29, 0.717) is 32.0 Å². The number of hydrogen-bond donors (Lipinski definition) is 0. The molecule has 25 heavy (non-hydrogen) atoms. The summed E-state index contributed by atoms with van der Waals surface area (Å²) in [6, 6.07) is 2.63. The van der Waals surface area contributed by atoms with Crippen LogP contribution < -0.4 is 4.90 Å². The van der Waals surface area contributed by atoms with E-state index in [1.54, 1.807) is 23.6 Å². The van der Waals surface area contributed by atoms with Gasteiger partial charge in [0.25, 0.3) is 9.84 Å². The average Bonchev–Trinajstić information content (AvgIpc) is 3.08. The molecule has 1 saturated heterocycles. The second kappa shape index (κ2) is 6.32. The standard InChI is InChI=1S/C15H15F4N3O2S/c16-11-1-2-13(14(9-11)25(23,24)15(17,18)19)21-6-3-12(4-7-21)22-8-5-20-10-22/h1-2,5,8-10,12H,3-4,6-7H2. The zero-order chi connectivity index (χ0) is 18.2. The Bertz CT molecular complexity index is 842. The molecule has 0 spiro atoms. The van der Waals surface area contributed by atoms with Crippen LogP contribution in [0.25, 0.3) is 0 Å². The molecule has 136 valence electrons. The minimum Gasteiger partial charge on any atom is -0.370 e. The van der Waals surface area contributed by atoms with E-state index in [-0.39, 0.29) is 11.7 Å². The minimum atomic E-state index is -5.63. The van der Waals surface area contributed by atoms with Crippen LogP contribution in [-0.2, 0) is 9.84 Å². The van der Waals surface area contributed by atoms with Crippen LogP contribution in [-0.4, -0.2) is 36.6 Å². The van der Waals surface area contributed by atoms with Crippen LogP contribution in [0, 0.1) is 5.82 Å². The first-order valence-corrected chi connectivity index (χ1v) is 9.02. The zero-order valence-electron chi connectivity index (χ0n) is 12.9. The van der Waals surface area contributed by atoms with Gasteiger partial charge < -0.3 is 9.47 Å². The Labute approximate surface area is 141 Å². The molecule has 1 aliphatic rings. The molecule has 10 heteroatoms. The highest BCUT2D eigenvalue weighted by atomic mass is 32.2. The van der Waals surface area contributed by atoms with Gasteiger partial charge in [0.05, 0.1) is 12.0 Å². The van der Waals surface area contributed by atoms with Crippen LogP contribution in [0.4, 0.5) is 23.2 Å². The second-order valence-electron chi connectivity index (χ2n) is 5.79. The predicted molar refractivity (Wildman–Crippen MR) is 82.4 cm³/mol. The Morgan fingerprint density at radius 1 is 1.16 bits per heavy atom. The molecule has 2 aromatic rings. The molecular formula is C15H15F4N3O2S. The maximum atomic E-state index is 13.4. The average molecular weight is 377 g/mol. The molecule has 1 fully saturated rings. The molecule has 0 amide bonds. The summed E-state index contributed by atoms with van der Waals surface area (Å²) in [6.07, 6.45) is 6.33. The molecule has 0 bridgehead atoms. The number of imidazole rings is 1. The normalized spacial score (nSPS) is 17.0. The van der Waals surface area contributed by atoms with E-state index in [4.69, 9.17) is 0 Å².